The minimum absolute atomic E-state index is 1.02. The number of rotatable bonds is 3. The molecule has 7 heteroatoms. The predicted molar refractivity (Wildman–Crippen MR) is 45.7 cm³/mol. The van der Waals surface area contributed by atoms with E-state index in [1.54, 1.807) is 6.08 Å². The summed E-state index contributed by atoms with van der Waals surface area (Å²) in [5, 5.41) is 0. The predicted octanol–water partition coefficient (Wildman–Crippen LogP) is 2.05. The highest BCUT2D eigenvalue weighted by molar-refractivity contribution is 7.46. The molecule has 0 aromatic heterocycles. The Bertz CT molecular complexity index is 188. The molecule has 0 fully saturated rings. The van der Waals surface area contributed by atoms with Crippen molar-refractivity contribution in [2.24, 2.45) is 0 Å². The summed E-state index contributed by atoms with van der Waals surface area (Å²) in [6.45, 7) is 8.93. The van der Waals surface area contributed by atoms with Gasteiger partial charge in [-0.1, -0.05) is 24.8 Å². The fraction of sp³-hybridized carbons (Fsp3) is 0.200. The molecule has 0 saturated carbocycles. The third-order valence-corrected chi connectivity index (χ3v) is 1.61. The van der Waals surface area contributed by atoms with Crippen LogP contribution in [0.15, 0.2) is 24.8 Å². The monoisotopic (exact) mass is 212 g/mol. The molecule has 0 radical (unpaired) electrons. The topological polar surface area (TPSA) is 83.8 Å². The van der Waals surface area contributed by atoms with Gasteiger partial charge in [-0.05, 0) is 6.92 Å². The maximum absolute atomic E-state index is 9.39. The largest absolute Gasteiger partial charge is 0.745 e. The Morgan fingerprint density at radius 3 is 1.67 bits per heavy atom. The molecule has 0 amide bonds. The molecule has 2 N–H and O–H groups in total. The molecule has 0 aromatic rings. The third kappa shape index (κ3) is 22.7. The van der Waals surface area contributed by atoms with E-state index in [-0.39, 0.29) is 0 Å². The maximum Gasteiger partial charge on any atom is 0.745 e. The van der Waals surface area contributed by atoms with Gasteiger partial charge in [-0.15, -0.1) is 9.79 Å². The van der Waals surface area contributed by atoms with Gasteiger partial charge in [0.1, 0.15) is 0 Å². The van der Waals surface area contributed by atoms with E-state index < -0.39 is 16.5 Å². The molecule has 0 spiro atoms. The molecule has 2 unspecified atom stereocenters. The van der Waals surface area contributed by atoms with Crippen molar-refractivity contribution in [3.05, 3.63) is 24.8 Å². The van der Waals surface area contributed by atoms with Crippen LogP contribution in [0.25, 0.3) is 0 Å². The van der Waals surface area contributed by atoms with Gasteiger partial charge in [0.15, 0.2) is 4.31 Å². The lowest BCUT2D eigenvalue weighted by molar-refractivity contribution is 0.371. The van der Waals surface area contributed by atoms with Crippen LogP contribution >= 0.6 is 16.5 Å². The summed E-state index contributed by atoms with van der Waals surface area (Å²) in [6, 6.07) is 0. The van der Waals surface area contributed by atoms with Crippen LogP contribution in [-0.2, 0) is 13.4 Å². The molecule has 68 valence electrons. The lowest BCUT2D eigenvalue weighted by Gasteiger charge is -1.71. The average Bonchev–Trinajstić information content (AvgIpc) is 1.85. The van der Waals surface area contributed by atoms with E-state index in [1.807, 2.05) is 6.92 Å². The SMILES string of the molecule is C=CC(=C)C.O=[P+](O)O[P+](=O)O. The van der Waals surface area contributed by atoms with E-state index in [2.05, 4.69) is 17.5 Å². The Morgan fingerprint density at radius 2 is 1.67 bits per heavy atom. The van der Waals surface area contributed by atoms with Crippen LogP contribution in [0.5, 0.6) is 0 Å². The minimum Gasteiger partial charge on any atom is -0.131 e. The van der Waals surface area contributed by atoms with Crippen LogP contribution in [0.2, 0.25) is 0 Å². The van der Waals surface area contributed by atoms with Crippen molar-refractivity contribution >= 4 is 16.5 Å². The van der Waals surface area contributed by atoms with Gasteiger partial charge in [0, 0.05) is 9.13 Å². The molecule has 5 nitrogen and oxygen atoms in total. The molecular formula is C5H10O5P2+2. The molecule has 0 aliphatic carbocycles. The van der Waals surface area contributed by atoms with Crippen LogP contribution in [0.3, 0.4) is 0 Å². The van der Waals surface area contributed by atoms with Gasteiger partial charge in [0.25, 0.3) is 0 Å². The van der Waals surface area contributed by atoms with E-state index in [4.69, 9.17) is 9.79 Å². The second-order valence-electron chi connectivity index (χ2n) is 1.61. The van der Waals surface area contributed by atoms with Crippen LogP contribution in [-0.4, -0.2) is 9.79 Å². The van der Waals surface area contributed by atoms with Crippen molar-refractivity contribution in [3.8, 4) is 0 Å². The van der Waals surface area contributed by atoms with Crippen LogP contribution in [0, 0.1) is 0 Å². The Balaban J connectivity index is 0. The zero-order chi connectivity index (χ0) is 10.1. The van der Waals surface area contributed by atoms with Crippen LogP contribution < -0.4 is 0 Å². The van der Waals surface area contributed by atoms with Crippen LogP contribution in [0.4, 0.5) is 0 Å². The zero-order valence-electron chi connectivity index (χ0n) is 6.51. The van der Waals surface area contributed by atoms with Crippen molar-refractivity contribution in [2.75, 3.05) is 0 Å². The second kappa shape index (κ2) is 8.65. The number of allylic oxidation sites excluding steroid dienone is 2. The van der Waals surface area contributed by atoms with Crippen molar-refractivity contribution < 1.29 is 23.2 Å². The minimum atomic E-state index is -2.92. The first kappa shape index (κ1) is 14.1. The summed E-state index contributed by atoms with van der Waals surface area (Å²) in [5.41, 5.74) is 1.02. The highest BCUT2D eigenvalue weighted by Gasteiger charge is 2.31. The van der Waals surface area contributed by atoms with Gasteiger partial charge in [0.2, 0.25) is 0 Å². The van der Waals surface area contributed by atoms with Gasteiger partial charge < -0.3 is 0 Å². The van der Waals surface area contributed by atoms with E-state index in [9.17, 15) is 9.13 Å². The molecule has 0 aliphatic rings. The standard InChI is InChI=1S/C5H8.O5P2/c1-4-5(2)3;1-6(2)5-7(3)4/h4H,1-2H2,3H3;/p+2. The Kier molecular flexibility index (Phi) is 10.2. The number of hydrogen-bond donors (Lipinski definition) is 2. The smallest absolute Gasteiger partial charge is 0.131 e. The van der Waals surface area contributed by atoms with E-state index in [1.165, 1.54) is 0 Å². The van der Waals surface area contributed by atoms with E-state index in [0.717, 1.165) is 5.57 Å². The molecule has 0 heterocycles. The Labute approximate surface area is 72.3 Å². The fourth-order valence-electron chi connectivity index (χ4n) is 0.0598. The van der Waals surface area contributed by atoms with Crippen molar-refractivity contribution in [3.63, 3.8) is 0 Å². The van der Waals surface area contributed by atoms with E-state index in [0.29, 0.717) is 0 Å². The highest BCUT2D eigenvalue weighted by atomic mass is 31.2. The van der Waals surface area contributed by atoms with Crippen LogP contribution in [0.1, 0.15) is 6.92 Å². The fourth-order valence-corrected chi connectivity index (χ4v) is 0.538. The molecule has 0 saturated heterocycles. The van der Waals surface area contributed by atoms with Gasteiger partial charge in [-0.25, -0.2) is 0 Å². The van der Waals surface area contributed by atoms with Crippen molar-refractivity contribution in [2.45, 2.75) is 6.92 Å². The van der Waals surface area contributed by atoms with Crippen molar-refractivity contribution in [1.29, 1.82) is 0 Å². The molecular weight excluding hydrogens is 202 g/mol. The lowest BCUT2D eigenvalue weighted by atomic mass is 10.4. The summed E-state index contributed by atoms with van der Waals surface area (Å²) < 4.78 is 22.2. The van der Waals surface area contributed by atoms with Gasteiger partial charge in [0.05, 0.1) is 0 Å². The first-order valence-electron chi connectivity index (χ1n) is 2.68. The highest BCUT2D eigenvalue weighted by Crippen LogP contribution is 2.30. The molecule has 0 bridgehead atoms. The Hall–Kier alpha value is -0.440. The summed E-state index contributed by atoms with van der Waals surface area (Å²) >= 11 is 0. The molecule has 0 aliphatic heterocycles. The van der Waals surface area contributed by atoms with Gasteiger partial charge in [-0.3, -0.25) is 0 Å². The quantitative estimate of drug-likeness (QED) is 0.552. The van der Waals surface area contributed by atoms with E-state index >= 15 is 0 Å². The molecule has 2 atom stereocenters. The lowest BCUT2D eigenvalue weighted by Crippen LogP contribution is -1.58. The first-order valence-corrected chi connectivity index (χ1v) is 4.94. The second-order valence-corrected chi connectivity index (χ2v) is 3.21. The van der Waals surface area contributed by atoms with Crippen molar-refractivity contribution in [1.82, 2.24) is 0 Å². The zero-order valence-corrected chi connectivity index (χ0v) is 8.29. The first-order chi connectivity index (χ1) is 5.40. The normalized spacial score (nSPS) is 10.6. The molecule has 0 aromatic carbocycles. The average molecular weight is 212 g/mol. The summed E-state index contributed by atoms with van der Waals surface area (Å²) in [5.74, 6) is 0. The molecule has 12 heavy (non-hydrogen) atoms. The Morgan fingerprint density at radius 1 is 1.42 bits per heavy atom. The van der Waals surface area contributed by atoms with Gasteiger partial charge >= 0.3 is 16.5 Å². The summed E-state index contributed by atoms with van der Waals surface area (Å²) in [4.78, 5) is 15.3. The van der Waals surface area contributed by atoms with Gasteiger partial charge in [-0.2, -0.15) is 0 Å². The molecule has 0 rings (SSSR count). The third-order valence-electron chi connectivity index (χ3n) is 0.488. The maximum atomic E-state index is 9.39. The summed E-state index contributed by atoms with van der Waals surface area (Å²) in [6.07, 6.45) is 1.72. The number of hydrogen-bond acceptors (Lipinski definition) is 3. The summed E-state index contributed by atoms with van der Waals surface area (Å²) in [7, 11) is -5.85.